The molecule has 0 bridgehead atoms. The Balaban J connectivity index is 0.000000240. The molecular weight excluding hydrogens is 467 g/mol. The summed E-state index contributed by atoms with van der Waals surface area (Å²) in [5.74, 6) is 0.509. The monoisotopic (exact) mass is 491 g/mol. The van der Waals surface area contributed by atoms with Crippen LogP contribution >= 0.6 is 33.0 Å². The first-order chi connectivity index (χ1) is 14.7. The molecule has 4 rings (SSSR count). The van der Waals surface area contributed by atoms with Gasteiger partial charge in [0.05, 0.1) is 12.5 Å². The van der Waals surface area contributed by atoms with E-state index in [1.807, 2.05) is 38.2 Å². The number of hydrogen-bond donors (Lipinski definition) is 3. The molecule has 30 heavy (non-hydrogen) atoms. The van der Waals surface area contributed by atoms with Crippen molar-refractivity contribution in [2.45, 2.75) is 40.2 Å². The van der Waals surface area contributed by atoms with Gasteiger partial charge in [0.1, 0.15) is 11.3 Å². The van der Waals surface area contributed by atoms with E-state index in [1.54, 1.807) is 13.1 Å². The average Bonchev–Trinajstić information content (AvgIpc) is 3.31. The minimum atomic E-state index is -1.67. The molecule has 10 heteroatoms. The predicted octanol–water partition coefficient (Wildman–Crippen LogP) is 6.04. The summed E-state index contributed by atoms with van der Waals surface area (Å²) >= 11 is 5.68. The lowest BCUT2D eigenvalue weighted by atomic mass is 10.2. The van der Waals surface area contributed by atoms with E-state index in [9.17, 15) is 0 Å². The predicted molar refractivity (Wildman–Crippen MR) is 128 cm³/mol. The van der Waals surface area contributed by atoms with Crippen molar-refractivity contribution in [2.24, 2.45) is 0 Å². The van der Waals surface area contributed by atoms with Gasteiger partial charge in [-0.25, -0.2) is 14.2 Å². The van der Waals surface area contributed by atoms with Crippen LogP contribution in [0.3, 0.4) is 0 Å². The second kappa shape index (κ2) is 13.6. The van der Waals surface area contributed by atoms with Crippen LogP contribution in [0.2, 0.25) is 0 Å². The zero-order valence-corrected chi connectivity index (χ0v) is 20.0. The lowest BCUT2D eigenvalue weighted by Crippen LogP contribution is -1.80. The summed E-state index contributed by atoms with van der Waals surface area (Å²) in [7, 11) is 7.36. The lowest BCUT2D eigenvalue weighted by molar-refractivity contribution is 0.278. The van der Waals surface area contributed by atoms with Crippen LogP contribution < -0.4 is 0 Å². The topological polar surface area (TPSA) is 94.7 Å². The molecular formula is C20H25Cl3N4O2S. The summed E-state index contributed by atoms with van der Waals surface area (Å²) in [6.45, 7) is 6.35. The lowest BCUT2D eigenvalue weighted by Gasteiger charge is -1.89. The molecule has 0 aliphatic rings. The number of aliphatic hydroxyl groups is 1. The van der Waals surface area contributed by atoms with Crippen LogP contribution in [-0.2, 0) is 21.7 Å². The normalized spacial score (nSPS) is 10.5. The van der Waals surface area contributed by atoms with Crippen LogP contribution in [-0.4, -0.2) is 29.3 Å². The SMILES string of the molecule is Cc1cnc2[nH]c(CCl)cc2c1.Cc1cnc2[nH]c(CO)cc2c1.O=S(Cl)Cl.[2H]CC. The molecule has 4 heterocycles. The highest BCUT2D eigenvalue weighted by Crippen LogP contribution is 2.15. The molecule has 0 aromatic carbocycles. The third-order valence-corrected chi connectivity index (χ3v) is 3.93. The molecule has 0 atom stereocenters. The number of nitrogens with zero attached hydrogens (tertiary/aromatic N) is 2. The Labute approximate surface area is 193 Å². The number of aliphatic hydroxyl groups excluding tert-OH is 1. The van der Waals surface area contributed by atoms with Gasteiger partial charge in [-0.2, -0.15) is 0 Å². The van der Waals surface area contributed by atoms with E-state index in [0.29, 0.717) is 12.8 Å². The van der Waals surface area contributed by atoms with Crippen molar-refractivity contribution in [3.63, 3.8) is 0 Å². The third kappa shape index (κ3) is 8.62. The van der Waals surface area contributed by atoms with Crippen LogP contribution in [0, 0.1) is 13.8 Å². The van der Waals surface area contributed by atoms with E-state index < -0.39 is 9.23 Å². The van der Waals surface area contributed by atoms with Gasteiger partial charge in [0.25, 0.3) is 0 Å². The van der Waals surface area contributed by atoms with Crippen LogP contribution in [0.1, 0.15) is 37.7 Å². The van der Waals surface area contributed by atoms with Gasteiger partial charge in [-0.15, -0.1) is 11.6 Å². The molecule has 0 saturated heterocycles. The summed E-state index contributed by atoms with van der Waals surface area (Å²) in [6.07, 6.45) is 3.65. The quantitative estimate of drug-likeness (QED) is 0.235. The molecule has 0 unspecified atom stereocenters. The number of alkyl halides is 1. The largest absolute Gasteiger partial charge is 0.390 e. The number of fused-ring (bicyclic) bond motifs is 2. The standard InChI is InChI=1S/C9H9ClN2.C9H10N2O.C2H6.Cl2OS/c1-6-2-7-3-8(4-10)12-9(7)11-5-6;1-6-2-7-3-8(5-12)11-9(7)10-4-6;1-2;1-4(2)3/h2-3,5H,4H2,1H3,(H,11,12);2-4,12H,5H2,1H3,(H,10,11);1-2H3;/i;;1D;. The molecule has 0 radical (unpaired) electrons. The molecule has 0 amide bonds. The summed E-state index contributed by atoms with van der Waals surface area (Å²) in [6, 6.07) is 8.07. The average molecular weight is 493 g/mol. The number of nitrogens with one attached hydrogen (secondary N) is 2. The van der Waals surface area contributed by atoms with Crippen molar-refractivity contribution in [1.82, 2.24) is 19.9 Å². The van der Waals surface area contributed by atoms with E-state index in [2.05, 4.69) is 47.4 Å². The Hall–Kier alpha value is -1.64. The van der Waals surface area contributed by atoms with Crippen molar-refractivity contribution >= 4 is 64.3 Å². The van der Waals surface area contributed by atoms with Gasteiger partial charge in [0.15, 0.2) is 0 Å². The number of aryl methyl sites for hydroxylation is 2. The van der Waals surface area contributed by atoms with Crippen molar-refractivity contribution in [3.05, 3.63) is 59.2 Å². The summed E-state index contributed by atoms with van der Waals surface area (Å²) in [5, 5.41) is 11.0. The van der Waals surface area contributed by atoms with Gasteiger partial charge in [-0.3, -0.25) is 0 Å². The van der Waals surface area contributed by atoms with Gasteiger partial charge >= 0.3 is 0 Å². The maximum absolute atomic E-state index is 9.09. The summed E-state index contributed by atoms with van der Waals surface area (Å²) in [4.78, 5) is 14.6. The maximum Gasteiger partial charge on any atom is 0.211 e. The minimum absolute atomic E-state index is 0.0371. The molecule has 0 aliphatic carbocycles. The minimum Gasteiger partial charge on any atom is -0.390 e. The second-order valence-corrected chi connectivity index (χ2v) is 8.76. The number of pyridine rings is 2. The van der Waals surface area contributed by atoms with Crippen LogP contribution in [0.25, 0.3) is 22.1 Å². The van der Waals surface area contributed by atoms with Crippen LogP contribution in [0.15, 0.2) is 36.7 Å². The zero-order chi connectivity index (χ0) is 23.4. The number of hydrogen-bond acceptors (Lipinski definition) is 4. The maximum atomic E-state index is 9.09. The number of halogens is 3. The molecule has 0 aliphatic heterocycles. The molecule has 0 fully saturated rings. The molecule has 0 spiro atoms. The van der Waals surface area contributed by atoms with E-state index in [-0.39, 0.29) is 6.61 Å². The fraction of sp³-hybridized carbons (Fsp3) is 0.300. The fourth-order valence-corrected chi connectivity index (χ4v) is 2.67. The molecule has 3 N–H and O–H groups in total. The second-order valence-electron chi connectivity index (χ2n) is 5.97. The number of aromatic amines is 2. The van der Waals surface area contributed by atoms with E-state index >= 15 is 0 Å². The fourth-order valence-electron chi connectivity index (χ4n) is 2.52. The number of aromatic nitrogens is 4. The van der Waals surface area contributed by atoms with Gasteiger partial charge < -0.3 is 15.1 Å². The highest BCUT2D eigenvalue weighted by atomic mass is 36.0. The first kappa shape index (κ1) is 24.6. The van der Waals surface area contributed by atoms with E-state index in [4.69, 9.17) is 22.3 Å². The molecule has 4 aromatic heterocycles. The van der Waals surface area contributed by atoms with E-state index in [1.165, 1.54) is 5.56 Å². The first-order valence-electron chi connectivity index (χ1n) is 9.53. The smallest absolute Gasteiger partial charge is 0.211 e. The molecule has 6 nitrogen and oxygen atoms in total. The van der Waals surface area contributed by atoms with Crippen LogP contribution in [0.5, 0.6) is 0 Å². The van der Waals surface area contributed by atoms with Gasteiger partial charge in [0.2, 0.25) is 9.23 Å². The van der Waals surface area contributed by atoms with Crippen LogP contribution in [0.4, 0.5) is 0 Å². The van der Waals surface area contributed by atoms with Gasteiger partial charge in [-0.1, -0.05) is 13.8 Å². The third-order valence-electron chi connectivity index (χ3n) is 3.64. The molecule has 164 valence electrons. The highest BCUT2D eigenvalue weighted by Gasteiger charge is 2.00. The summed E-state index contributed by atoms with van der Waals surface area (Å²) in [5.41, 5.74) is 5.88. The van der Waals surface area contributed by atoms with Crippen molar-refractivity contribution in [2.75, 3.05) is 0 Å². The Kier molecular flexibility index (Phi) is 11.2. The van der Waals surface area contributed by atoms with Crippen molar-refractivity contribution < 1.29 is 10.7 Å². The van der Waals surface area contributed by atoms with Gasteiger partial charge in [-0.05, 0) is 49.2 Å². The Bertz CT molecular complexity index is 1020. The molecule has 4 aromatic rings. The Morgan fingerprint density at radius 1 is 1.00 bits per heavy atom. The van der Waals surface area contributed by atoms with Crippen molar-refractivity contribution in [1.29, 1.82) is 0 Å². The first-order valence-corrected chi connectivity index (χ1v) is 12.2. The van der Waals surface area contributed by atoms with Gasteiger partial charge in [0, 0.05) is 57.3 Å². The Morgan fingerprint density at radius 2 is 1.40 bits per heavy atom. The van der Waals surface area contributed by atoms with E-state index in [0.717, 1.165) is 39.0 Å². The van der Waals surface area contributed by atoms with Crippen molar-refractivity contribution in [3.8, 4) is 0 Å². The molecule has 0 saturated carbocycles. The number of H-pyrrole nitrogens is 2. The zero-order valence-electron chi connectivity index (χ0n) is 17.9. The summed E-state index contributed by atoms with van der Waals surface area (Å²) < 4.78 is 15.3. The number of rotatable bonds is 2. The Morgan fingerprint density at radius 3 is 1.80 bits per heavy atom. The highest BCUT2D eigenvalue weighted by molar-refractivity contribution is 8.26.